The van der Waals surface area contributed by atoms with Gasteiger partial charge in [0.25, 0.3) is 0 Å². The minimum atomic E-state index is -0.805. The molecule has 1 atom stereocenters. The highest BCUT2D eigenvalue weighted by Crippen LogP contribution is 2.28. The van der Waals surface area contributed by atoms with E-state index in [2.05, 4.69) is 5.32 Å². The summed E-state index contributed by atoms with van der Waals surface area (Å²) in [5.41, 5.74) is 0.0172. The Morgan fingerprint density at radius 3 is 3.00 bits per heavy atom. The molecule has 110 valence electrons. The van der Waals surface area contributed by atoms with Gasteiger partial charge in [-0.05, 0) is 31.9 Å². The third kappa shape index (κ3) is 3.22. The van der Waals surface area contributed by atoms with E-state index in [1.807, 2.05) is 24.3 Å². The minimum Gasteiger partial charge on any atom is -0.497 e. The number of carbonyl (C=O) groups is 1. The summed E-state index contributed by atoms with van der Waals surface area (Å²) in [5.74, 6) is 0.480. The molecule has 0 spiro atoms. The summed E-state index contributed by atoms with van der Waals surface area (Å²) in [6.45, 7) is 3.17. The number of carbonyl (C=O) groups excluding carboxylic acids is 1. The van der Waals surface area contributed by atoms with E-state index in [1.165, 1.54) is 0 Å². The number of benzene rings is 1. The van der Waals surface area contributed by atoms with E-state index in [0.29, 0.717) is 26.2 Å². The summed E-state index contributed by atoms with van der Waals surface area (Å²) in [7, 11) is 1.62. The molecule has 5 nitrogen and oxygen atoms in total. The lowest BCUT2D eigenvalue weighted by Gasteiger charge is -2.36. The number of ether oxygens (including phenoxy) is 3. The molecule has 0 radical (unpaired) electrons. The fourth-order valence-corrected chi connectivity index (χ4v) is 2.35. The molecule has 0 aliphatic carbocycles. The molecular formula is C15H21NO4. The predicted octanol–water partition coefficient (Wildman–Crippen LogP) is 2.22. The van der Waals surface area contributed by atoms with E-state index in [-0.39, 0.29) is 5.97 Å². The van der Waals surface area contributed by atoms with Crippen molar-refractivity contribution in [2.45, 2.75) is 25.3 Å². The van der Waals surface area contributed by atoms with Crippen molar-refractivity contribution in [3.05, 3.63) is 24.3 Å². The van der Waals surface area contributed by atoms with Crippen molar-refractivity contribution in [1.29, 1.82) is 0 Å². The third-order valence-corrected chi connectivity index (χ3v) is 3.36. The van der Waals surface area contributed by atoms with Crippen molar-refractivity contribution in [3.63, 3.8) is 0 Å². The first kappa shape index (κ1) is 14.7. The van der Waals surface area contributed by atoms with Crippen LogP contribution in [-0.2, 0) is 14.3 Å². The van der Waals surface area contributed by atoms with Crippen molar-refractivity contribution >= 4 is 11.7 Å². The molecule has 1 aromatic carbocycles. The summed E-state index contributed by atoms with van der Waals surface area (Å²) in [6.07, 6.45) is 1.53. The second-order valence-corrected chi connectivity index (χ2v) is 4.82. The second kappa shape index (κ2) is 6.61. The molecule has 2 rings (SSSR count). The number of hydrogen-bond acceptors (Lipinski definition) is 5. The Balaban J connectivity index is 2.20. The van der Waals surface area contributed by atoms with Crippen LogP contribution >= 0.6 is 0 Å². The van der Waals surface area contributed by atoms with Crippen LogP contribution in [0.15, 0.2) is 24.3 Å². The van der Waals surface area contributed by atoms with E-state index < -0.39 is 5.54 Å². The summed E-state index contributed by atoms with van der Waals surface area (Å²) in [4.78, 5) is 12.3. The molecule has 1 aliphatic heterocycles. The first-order valence-electron chi connectivity index (χ1n) is 6.87. The van der Waals surface area contributed by atoms with Gasteiger partial charge in [0, 0.05) is 18.4 Å². The molecule has 1 unspecified atom stereocenters. The first-order chi connectivity index (χ1) is 9.70. The number of anilines is 1. The van der Waals surface area contributed by atoms with Crippen molar-refractivity contribution < 1.29 is 19.0 Å². The van der Waals surface area contributed by atoms with E-state index in [0.717, 1.165) is 17.9 Å². The topological polar surface area (TPSA) is 56.8 Å². The van der Waals surface area contributed by atoms with Gasteiger partial charge in [-0.1, -0.05) is 6.07 Å². The Morgan fingerprint density at radius 2 is 2.35 bits per heavy atom. The summed E-state index contributed by atoms with van der Waals surface area (Å²) < 4.78 is 15.9. The maximum atomic E-state index is 12.3. The predicted molar refractivity (Wildman–Crippen MR) is 76.0 cm³/mol. The van der Waals surface area contributed by atoms with Gasteiger partial charge in [0.1, 0.15) is 5.75 Å². The maximum Gasteiger partial charge on any atom is 0.334 e. The normalized spacial score (nSPS) is 22.1. The lowest BCUT2D eigenvalue weighted by molar-refractivity contribution is -0.153. The van der Waals surface area contributed by atoms with Crippen molar-refractivity contribution in [2.75, 3.05) is 32.2 Å². The van der Waals surface area contributed by atoms with E-state index in [4.69, 9.17) is 14.2 Å². The average Bonchev–Trinajstić information content (AvgIpc) is 2.48. The SMILES string of the molecule is CCOC(=O)C1(Nc2cccc(OC)c2)CCCOC1. The number of methoxy groups -OCH3 is 1. The van der Waals surface area contributed by atoms with Crippen LogP contribution in [0.3, 0.4) is 0 Å². The van der Waals surface area contributed by atoms with Crippen LogP contribution in [0.1, 0.15) is 19.8 Å². The van der Waals surface area contributed by atoms with Crippen molar-refractivity contribution in [1.82, 2.24) is 0 Å². The summed E-state index contributed by atoms with van der Waals surface area (Å²) >= 11 is 0. The van der Waals surface area contributed by atoms with Crippen LogP contribution in [0, 0.1) is 0 Å². The van der Waals surface area contributed by atoms with Crippen molar-refractivity contribution in [2.24, 2.45) is 0 Å². The third-order valence-electron chi connectivity index (χ3n) is 3.36. The van der Waals surface area contributed by atoms with Crippen LogP contribution in [0.2, 0.25) is 0 Å². The Hall–Kier alpha value is -1.75. The van der Waals surface area contributed by atoms with Crippen molar-refractivity contribution in [3.8, 4) is 5.75 Å². The van der Waals surface area contributed by atoms with Crippen LogP contribution in [0.25, 0.3) is 0 Å². The number of rotatable bonds is 5. The molecule has 1 N–H and O–H groups in total. The Kier molecular flexibility index (Phi) is 4.84. The lowest BCUT2D eigenvalue weighted by atomic mass is 9.92. The monoisotopic (exact) mass is 279 g/mol. The van der Waals surface area contributed by atoms with Gasteiger partial charge in [0.15, 0.2) is 5.54 Å². The zero-order chi connectivity index (χ0) is 14.4. The molecule has 0 bridgehead atoms. The maximum absolute atomic E-state index is 12.3. The first-order valence-corrected chi connectivity index (χ1v) is 6.87. The van der Waals surface area contributed by atoms with Gasteiger partial charge in [0.05, 0.1) is 20.3 Å². The van der Waals surface area contributed by atoms with E-state index >= 15 is 0 Å². The zero-order valence-corrected chi connectivity index (χ0v) is 12.0. The summed E-state index contributed by atoms with van der Waals surface area (Å²) in [6, 6.07) is 7.50. The largest absolute Gasteiger partial charge is 0.497 e. The number of nitrogens with one attached hydrogen (secondary N) is 1. The molecular weight excluding hydrogens is 258 g/mol. The second-order valence-electron chi connectivity index (χ2n) is 4.82. The van der Waals surface area contributed by atoms with Gasteiger partial charge in [-0.2, -0.15) is 0 Å². The fraction of sp³-hybridized carbons (Fsp3) is 0.533. The molecule has 1 saturated heterocycles. The number of esters is 1. The smallest absolute Gasteiger partial charge is 0.334 e. The Labute approximate surface area is 119 Å². The molecule has 1 aromatic rings. The minimum absolute atomic E-state index is 0.262. The lowest BCUT2D eigenvalue weighted by Crippen LogP contribution is -2.53. The highest BCUT2D eigenvalue weighted by atomic mass is 16.5. The molecule has 1 aliphatic rings. The fourth-order valence-electron chi connectivity index (χ4n) is 2.35. The quantitative estimate of drug-likeness (QED) is 0.838. The molecule has 0 saturated carbocycles. The highest BCUT2D eigenvalue weighted by molar-refractivity contribution is 5.85. The van der Waals surface area contributed by atoms with Crippen LogP contribution in [0.5, 0.6) is 5.75 Å². The molecule has 1 fully saturated rings. The van der Waals surface area contributed by atoms with Gasteiger partial charge < -0.3 is 19.5 Å². The molecule has 1 heterocycles. The van der Waals surface area contributed by atoms with Gasteiger partial charge in [-0.15, -0.1) is 0 Å². The molecule has 0 aromatic heterocycles. The van der Waals surface area contributed by atoms with Crippen LogP contribution in [-0.4, -0.2) is 38.4 Å². The standard InChI is InChI=1S/C15H21NO4/c1-3-20-14(17)15(8-5-9-19-11-15)16-12-6-4-7-13(10-12)18-2/h4,6-7,10,16H,3,5,8-9,11H2,1-2H3. The molecule has 20 heavy (non-hydrogen) atoms. The van der Waals surface area contributed by atoms with Gasteiger partial charge in [-0.25, -0.2) is 4.79 Å². The van der Waals surface area contributed by atoms with E-state index in [1.54, 1.807) is 14.0 Å². The molecule has 0 amide bonds. The van der Waals surface area contributed by atoms with Gasteiger partial charge >= 0.3 is 5.97 Å². The summed E-state index contributed by atoms with van der Waals surface area (Å²) in [5, 5.41) is 3.27. The van der Waals surface area contributed by atoms with E-state index in [9.17, 15) is 4.79 Å². The Morgan fingerprint density at radius 1 is 1.50 bits per heavy atom. The van der Waals surface area contributed by atoms with Crippen LogP contribution in [0.4, 0.5) is 5.69 Å². The Bertz CT molecular complexity index is 455. The number of hydrogen-bond donors (Lipinski definition) is 1. The zero-order valence-electron chi connectivity index (χ0n) is 12.0. The molecule has 5 heteroatoms. The van der Waals surface area contributed by atoms with Gasteiger partial charge in [0.2, 0.25) is 0 Å². The average molecular weight is 279 g/mol. The van der Waals surface area contributed by atoms with Crippen LogP contribution < -0.4 is 10.1 Å². The van der Waals surface area contributed by atoms with Gasteiger partial charge in [-0.3, -0.25) is 0 Å². The highest BCUT2D eigenvalue weighted by Gasteiger charge is 2.42.